The molecule has 1 N–H and O–H groups in total. The molecule has 1 saturated heterocycles. The molecule has 0 radical (unpaired) electrons. The van der Waals surface area contributed by atoms with Crippen molar-refractivity contribution in [1.82, 2.24) is 4.90 Å². The fraction of sp³-hybridized carbons (Fsp3) is 0.435. The van der Waals surface area contributed by atoms with E-state index < -0.39 is 15.9 Å². The predicted octanol–water partition coefficient (Wildman–Crippen LogP) is 3.63. The number of hydrogen-bond acceptors (Lipinski definition) is 7. The highest BCUT2D eigenvalue weighted by atomic mass is 35.5. The maximum atomic E-state index is 12.1. The summed E-state index contributed by atoms with van der Waals surface area (Å²) in [5.74, 6) is 0.988. The minimum atomic E-state index is -3.11. The van der Waals surface area contributed by atoms with Gasteiger partial charge in [-0.3, -0.25) is 9.69 Å². The van der Waals surface area contributed by atoms with Crippen molar-refractivity contribution in [3.8, 4) is 11.5 Å². The van der Waals surface area contributed by atoms with Crippen LogP contribution < -0.4 is 9.47 Å². The van der Waals surface area contributed by atoms with Gasteiger partial charge in [-0.05, 0) is 49.2 Å². The lowest BCUT2D eigenvalue weighted by atomic mass is 10.1. The van der Waals surface area contributed by atoms with Crippen LogP contribution in [0.3, 0.4) is 0 Å². The van der Waals surface area contributed by atoms with Crippen molar-refractivity contribution in [2.75, 3.05) is 31.3 Å². The van der Waals surface area contributed by atoms with Crippen LogP contribution in [0, 0.1) is 0 Å². The number of halogens is 2. The van der Waals surface area contributed by atoms with Gasteiger partial charge in [0.1, 0.15) is 19.0 Å². The van der Waals surface area contributed by atoms with Gasteiger partial charge in [-0.1, -0.05) is 29.3 Å². The van der Waals surface area contributed by atoms with Gasteiger partial charge in [0.2, 0.25) is 0 Å². The first-order chi connectivity index (χ1) is 15.7. The van der Waals surface area contributed by atoms with E-state index >= 15 is 0 Å². The van der Waals surface area contributed by atoms with E-state index in [2.05, 4.69) is 0 Å². The zero-order chi connectivity index (χ0) is 24.0. The van der Waals surface area contributed by atoms with Gasteiger partial charge in [-0.25, -0.2) is 8.42 Å². The number of ether oxygens (including phenoxy) is 2. The Balaban J connectivity index is 1.71. The summed E-state index contributed by atoms with van der Waals surface area (Å²) in [6.45, 7) is 2.74. The van der Waals surface area contributed by atoms with Gasteiger partial charge in [0.05, 0.1) is 18.1 Å². The van der Waals surface area contributed by atoms with Crippen LogP contribution in [0.5, 0.6) is 11.5 Å². The molecule has 0 spiro atoms. The first kappa shape index (κ1) is 25.8. The molecule has 10 heteroatoms. The fourth-order valence-electron chi connectivity index (χ4n) is 3.77. The zero-order valence-electron chi connectivity index (χ0n) is 18.2. The quantitative estimate of drug-likeness (QED) is 0.456. The molecule has 1 aliphatic heterocycles. The number of rotatable bonds is 11. The first-order valence-corrected chi connectivity index (χ1v) is 13.2. The Kier molecular flexibility index (Phi) is 9.01. The summed E-state index contributed by atoms with van der Waals surface area (Å²) in [6, 6.07) is 9.74. The number of aliphatic hydroxyl groups is 1. The molecule has 2 atom stereocenters. The Labute approximate surface area is 204 Å². The summed E-state index contributed by atoms with van der Waals surface area (Å²) in [5.41, 5.74) is 1.25. The standard InChI is InChI=1S/C23H27Cl2NO6S/c1-2-31-23-9-16(13-27)3-6-22(23)32-14-20(28)12-26(19-7-8-33(29,30)15-19)11-17-4-5-18(24)10-21(17)25/h3-6,9-10,13,19-20,28H,2,7-8,11-12,14-15H2,1H3. The average molecular weight is 516 g/mol. The Morgan fingerprint density at radius 3 is 2.61 bits per heavy atom. The minimum absolute atomic E-state index is 0.0352. The van der Waals surface area contributed by atoms with Crippen LogP contribution in [0.1, 0.15) is 29.3 Å². The number of aliphatic hydroxyl groups excluding tert-OH is 1. The number of aldehydes is 1. The highest BCUT2D eigenvalue weighted by Gasteiger charge is 2.33. The van der Waals surface area contributed by atoms with E-state index in [4.69, 9.17) is 32.7 Å². The number of carbonyl (C=O) groups is 1. The summed E-state index contributed by atoms with van der Waals surface area (Å²) >= 11 is 12.3. The van der Waals surface area contributed by atoms with Gasteiger partial charge in [0.25, 0.3) is 0 Å². The molecule has 1 aliphatic rings. The lowest BCUT2D eigenvalue weighted by molar-refractivity contribution is 0.0515. The second-order valence-corrected chi connectivity index (χ2v) is 11.0. The van der Waals surface area contributed by atoms with Crippen molar-refractivity contribution in [2.24, 2.45) is 0 Å². The number of sulfone groups is 1. The van der Waals surface area contributed by atoms with Crippen LogP contribution in [-0.4, -0.2) is 68.1 Å². The van der Waals surface area contributed by atoms with Crippen molar-refractivity contribution < 1.29 is 27.8 Å². The van der Waals surface area contributed by atoms with Crippen molar-refractivity contribution in [3.63, 3.8) is 0 Å². The molecular formula is C23H27Cl2NO6S. The third kappa shape index (κ3) is 7.32. The summed E-state index contributed by atoms with van der Waals surface area (Å²) in [4.78, 5) is 12.9. The normalized spacial score (nSPS) is 18.3. The molecule has 3 rings (SSSR count). The number of benzene rings is 2. The number of nitrogens with zero attached hydrogens (tertiary/aromatic N) is 1. The number of hydrogen-bond donors (Lipinski definition) is 1. The van der Waals surface area contributed by atoms with Gasteiger partial charge < -0.3 is 14.6 Å². The van der Waals surface area contributed by atoms with Gasteiger partial charge in [-0.2, -0.15) is 0 Å². The van der Waals surface area contributed by atoms with E-state index in [1.165, 1.54) is 0 Å². The topological polar surface area (TPSA) is 93.1 Å². The maximum Gasteiger partial charge on any atom is 0.161 e. The molecular weight excluding hydrogens is 489 g/mol. The summed E-state index contributed by atoms with van der Waals surface area (Å²) < 4.78 is 35.4. The highest BCUT2D eigenvalue weighted by molar-refractivity contribution is 7.91. The van der Waals surface area contributed by atoms with Crippen LogP contribution in [0.2, 0.25) is 10.0 Å². The second kappa shape index (κ2) is 11.5. The van der Waals surface area contributed by atoms with E-state index in [1.54, 1.807) is 36.4 Å². The molecule has 0 aliphatic carbocycles. The molecule has 33 heavy (non-hydrogen) atoms. The SMILES string of the molecule is CCOc1cc(C=O)ccc1OCC(O)CN(Cc1ccc(Cl)cc1Cl)C1CCS(=O)(=O)C1. The van der Waals surface area contributed by atoms with E-state index in [0.29, 0.717) is 46.7 Å². The molecule has 2 aromatic carbocycles. The van der Waals surface area contributed by atoms with Crippen molar-refractivity contribution in [2.45, 2.75) is 32.0 Å². The van der Waals surface area contributed by atoms with Gasteiger partial charge >= 0.3 is 0 Å². The van der Waals surface area contributed by atoms with E-state index in [1.807, 2.05) is 11.8 Å². The van der Waals surface area contributed by atoms with E-state index in [0.717, 1.165) is 11.8 Å². The largest absolute Gasteiger partial charge is 0.490 e. The second-order valence-electron chi connectivity index (χ2n) is 7.94. The fourth-order valence-corrected chi connectivity index (χ4v) is 6.00. The van der Waals surface area contributed by atoms with Crippen molar-refractivity contribution >= 4 is 39.3 Å². The van der Waals surface area contributed by atoms with E-state index in [-0.39, 0.29) is 30.7 Å². The maximum absolute atomic E-state index is 12.1. The Bertz CT molecular complexity index is 1080. The summed E-state index contributed by atoms with van der Waals surface area (Å²) in [7, 11) is -3.11. The molecule has 0 bridgehead atoms. The zero-order valence-corrected chi connectivity index (χ0v) is 20.6. The molecule has 0 amide bonds. The summed E-state index contributed by atoms with van der Waals surface area (Å²) in [6.07, 6.45) is 0.305. The third-order valence-electron chi connectivity index (χ3n) is 5.39. The third-order valence-corrected chi connectivity index (χ3v) is 7.73. The minimum Gasteiger partial charge on any atom is -0.490 e. The molecule has 0 aromatic heterocycles. The van der Waals surface area contributed by atoms with Crippen LogP contribution in [0.4, 0.5) is 0 Å². The number of carbonyl (C=O) groups excluding carboxylic acids is 1. The molecule has 1 fully saturated rings. The molecule has 2 aromatic rings. The smallest absolute Gasteiger partial charge is 0.161 e. The Morgan fingerprint density at radius 2 is 1.97 bits per heavy atom. The van der Waals surface area contributed by atoms with Crippen molar-refractivity contribution in [1.29, 1.82) is 0 Å². The molecule has 0 saturated carbocycles. The predicted molar refractivity (Wildman–Crippen MR) is 128 cm³/mol. The van der Waals surface area contributed by atoms with Gasteiger partial charge in [0.15, 0.2) is 21.3 Å². The molecule has 7 nitrogen and oxygen atoms in total. The summed E-state index contributed by atoms with van der Waals surface area (Å²) in [5, 5.41) is 11.7. The Hall–Kier alpha value is -1.84. The van der Waals surface area contributed by atoms with E-state index in [9.17, 15) is 18.3 Å². The highest BCUT2D eigenvalue weighted by Crippen LogP contribution is 2.29. The molecule has 1 heterocycles. The lowest BCUT2D eigenvalue weighted by Gasteiger charge is -2.30. The monoisotopic (exact) mass is 515 g/mol. The Morgan fingerprint density at radius 1 is 1.18 bits per heavy atom. The van der Waals surface area contributed by atoms with Crippen LogP contribution in [0.25, 0.3) is 0 Å². The van der Waals surface area contributed by atoms with Crippen molar-refractivity contribution in [3.05, 3.63) is 57.6 Å². The first-order valence-electron chi connectivity index (χ1n) is 10.6. The molecule has 180 valence electrons. The van der Waals surface area contributed by atoms with Crippen LogP contribution in [0.15, 0.2) is 36.4 Å². The van der Waals surface area contributed by atoms with Crippen LogP contribution in [-0.2, 0) is 16.4 Å². The van der Waals surface area contributed by atoms with Gasteiger partial charge in [0, 0.05) is 34.7 Å². The lowest BCUT2D eigenvalue weighted by Crippen LogP contribution is -2.42. The molecule has 2 unspecified atom stereocenters. The van der Waals surface area contributed by atoms with Crippen LogP contribution >= 0.6 is 23.2 Å². The average Bonchev–Trinajstić information content (AvgIpc) is 3.14. The van der Waals surface area contributed by atoms with Gasteiger partial charge in [-0.15, -0.1) is 0 Å².